The van der Waals surface area contributed by atoms with Crippen LogP contribution >= 0.6 is 0 Å². The van der Waals surface area contributed by atoms with Gasteiger partial charge in [-0.25, -0.2) is 0 Å². The van der Waals surface area contributed by atoms with Gasteiger partial charge in [0, 0.05) is 79.3 Å². The summed E-state index contributed by atoms with van der Waals surface area (Å²) in [6, 6.07) is 0.928. The highest BCUT2D eigenvalue weighted by molar-refractivity contribution is 6.21. The number of aliphatic hydroxyl groups is 2. The number of benzene rings is 2. The number of fused-ring (bicyclic) bond motifs is 14. The summed E-state index contributed by atoms with van der Waals surface area (Å²) in [4.78, 5) is 55.6. The third kappa shape index (κ3) is 9.58. The summed E-state index contributed by atoms with van der Waals surface area (Å²) in [6.45, 7) is 19.5. The molecule has 0 saturated carbocycles. The summed E-state index contributed by atoms with van der Waals surface area (Å²) in [6.07, 6.45) is 3.59. The number of aliphatic hydroxyl groups excluding tert-OH is 2. The molecule has 5 N–H and O–H groups in total. The molecule has 0 fully saturated rings. The predicted octanol–water partition coefficient (Wildman–Crippen LogP) is 6.07. The van der Waals surface area contributed by atoms with Gasteiger partial charge in [0.15, 0.2) is 12.4 Å². The maximum absolute atomic E-state index is 14.5. The quantitative estimate of drug-likeness (QED) is 0.159. The van der Waals surface area contributed by atoms with Crippen LogP contribution < -0.4 is 14.8 Å². The Morgan fingerprint density at radius 3 is 2.15 bits per heavy atom. The summed E-state index contributed by atoms with van der Waals surface area (Å²) < 4.78 is 29.8. The molecule has 3 aliphatic heterocycles. The Morgan fingerprint density at radius 2 is 1.57 bits per heavy atom. The van der Waals surface area contributed by atoms with Crippen LogP contribution in [0.25, 0.3) is 10.8 Å². The van der Waals surface area contributed by atoms with Crippen molar-refractivity contribution in [2.24, 2.45) is 23.7 Å². The number of carbonyl (C=O) groups excluding carboxylic acids is 4. The van der Waals surface area contributed by atoms with Gasteiger partial charge in [-0.3, -0.25) is 19.2 Å². The second kappa shape index (κ2) is 19.1. The summed E-state index contributed by atoms with van der Waals surface area (Å²) in [5, 5.41) is 48.6. The topological polar surface area (TPSA) is 211 Å². The fourth-order valence-corrected chi connectivity index (χ4v) is 8.13. The SMILES string of the molecule is COC1/C=C/OC2(C)Oc3c(C)c(O)c4c(O)c(cc(OCC(=O)N(C(C)C)C(C)C)c4c3C2=O)NC(=O)/C(C)=C\C=C\C(C)C(O)C(C)C(O)C(C)C(OC(C)=O)C1C. The molecule has 3 heterocycles. The first-order chi connectivity index (χ1) is 28.0. The van der Waals surface area contributed by atoms with Gasteiger partial charge in [-0.15, -0.1) is 0 Å². The third-order valence-electron chi connectivity index (χ3n) is 11.6. The Labute approximate surface area is 352 Å². The van der Waals surface area contributed by atoms with Crippen LogP contribution in [0.3, 0.4) is 0 Å². The number of Topliss-reactive ketones (excluding diaryl/α,β-unsaturated/α-hetero) is 1. The number of allylic oxidation sites excluding steroid dienone is 2. The summed E-state index contributed by atoms with van der Waals surface area (Å²) in [7, 11) is 1.44. The Morgan fingerprint density at radius 1 is 0.933 bits per heavy atom. The van der Waals surface area contributed by atoms with Gasteiger partial charge in [0.05, 0.1) is 41.2 Å². The van der Waals surface area contributed by atoms with Crippen LogP contribution in [0.1, 0.15) is 92.1 Å². The molecule has 0 spiro atoms. The van der Waals surface area contributed by atoms with Crippen LogP contribution in [0.4, 0.5) is 5.69 Å². The van der Waals surface area contributed by atoms with Crippen molar-refractivity contribution in [3.8, 4) is 23.0 Å². The van der Waals surface area contributed by atoms with E-state index in [1.54, 1.807) is 44.7 Å². The number of ether oxygens (including phenoxy) is 5. The van der Waals surface area contributed by atoms with E-state index >= 15 is 0 Å². The summed E-state index contributed by atoms with van der Waals surface area (Å²) in [5.41, 5.74) is -0.0187. The standard InChI is InChI=1S/C45H62N2O13/c1-21(2)47(22(3)4)33(49)20-57-32-19-30-40(53)35-34(32)36-42(28(10)39(35)52)60-45(12,43(36)54)58-18-17-31(56-13)25(7)41(59-29(11)48)27(9)38(51)26(8)37(50)23(5)15-14-16-24(6)44(55)46-30/h14-19,21-23,25-27,31,37-38,41,50-53H,20H2,1-13H3,(H,46,55)/b15-14+,18-17+,24-16-. The molecule has 5 rings (SSSR count). The molecular formula is C45H62N2O13. The van der Waals surface area contributed by atoms with Gasteiger partial charge < -0.3 is 54.3 Å². The van der Waals surface area contributed by atoms with Crippen molar-refractivity contribution in [2.75, 3.05) is 19.0 Å². The number of rotatable bonds is 7. The number of hydrogen-bond acceptors (Lipinski definition) is 13. The van der Waals surface area contributed by atoms with E-state index in [4.69, 9.17) is 23.7 Å². The molecule has 2 aromatic rings. The lowest BCUT2D eigenvalue weighted by Gasteiger charge is -2.38. The highest BCUT2D eigenvalue weighted by Gasteiger charge is 2.50. The zero-order valence-corrected chi connectivity index (χ0v) is 36.9. The molecule has 9 atom stereocenters. The van der Waals surface area contributed by atoms with Crippen LogP contribution in [0.2, 0.25) is 0 Å². The number of ketones is 1. The Bertz CT molecular complexity index is 2050. The molecule has 330 valence electrons. The number of hydrogen-bond donors (Lipinski definition) is 5. The largest absolute Gasteiger partial charge is 0.507 e. The minimum Gasteiger partial charge on any atom is -0.507 e. The van der Waals surface area contributed by atoms with Crippen LogP contribution in [0.15, 0.2) is 42.2 Å². The molecule has 15 heteroatoms. The number of carbonyl (C=O) groups is 4. The monoisotopic (exact) mass is 838 g/mol. The lowest BCUT2D eigenvalue weighted by atomic mass is 9.78. The molecule has 2 aromatic carbocycles. The minimum absolute atomic E-state index is 0.0599. The van der Waals surface area contributed by atoms with E-state index in [-0.39, 0.29) is 62.6 Å². The first-order valence-corrected chi connectivity index (χ1v) is 20.3. The van der Waals surface area contributed by atoms with Crippen molar-refractivity contribution in [3.05, 3.63) is 53.3 Å². The maximum Gasteiger partial charge on any atom is 0.312 e. The Balaban J connectivity index is 1.95. The number of phenolic OH excluding ortho intramolecular Hbond substituents is 2. The van der Waals surface area contributed by atoms with Crippen molar-refractivity contribution >= 4 is 40.0 Å². The first-order valence-electron chi connectivity index (χ1n) is 20.3. The molecule has 60 heavy (non-hydrogen) atoms. The van der Waals surface area contributed by atoms with Crippen molar-refractivity contribution in [1.29, 1.82) is 0 Å². The molecule has 2 amide bonds. The van der Waals surface area contributed by atoms with E-state index in [1.165, 1.54) is 59.3 Å². The highest BCUT2D eigenvalue weighted by Crippen LogP contribution is 2.54. The molecule has 0 aliphatic carbocycles. The highest BCUT2D eigenvalue weighted by atomic mass is 16.7. The van der Waals surface area contributed by atoms with Gasteiger partial charge in [0.25, 0.3) is 17.6 Å². The Hall–Kier alpha value is -5.12. The maximum atomic E-state index is 14.5. The molecule has 0 saturated heterocycles. The van der Waals surface area contributed by atoms with Crippen molar-refractivity contribution in [3.63, 3.8) is 0 Å². The van der Waals surface area contributed by atoms with Gasteiger partial charge in [0.1, 0.15) is 23.4 Å². The summed E-state index contributed by atoms with van der Waals surface area (Å²) in [5.74, 6) is -8.06. The fourth-order valence-electron chi connectivity index (χ4n) is 8.13. The van der Waals surface area contributed by atoms with Crippen molar-refractivity contribution in [2.45, 2.75) is 125 Å². The van der Waals surface area contributed by atoms with E-state index in [0.29, 0.717) is 0 Å². The minimum atomic E-state index is -2.03. The van der Waals surface area contributed by atoms with Crippen molar-refractivity contribution in [1.82, 2.24) is 4.90 Å². The van der Waals surface area contributed by atoms with Gasteiger partial charge in [-0.05, 0) is 47.6 Å². The predicted molar refractivity (Wildman–Crippen MR) is 225 cm³/mol. The van der Waals surface area contributed by atoms with Gasteiger partial charge in [-0.1, -0.05) is 45.9 Å². The Kier molecular flexibility index (Phi) is 15.1. The number of nitrogens with one attached hydrogen (secondary N) is 1. The number of amides is 2. The zero-order chi connectivity index (χ0) is 45.1. The smallest absolute Gasteiger partial charge is 0.312 e. The van der Waals surface area contributed by atoms with Gasteiger partial charge in [0.2, 0.25) is 0 Å². The number of phenols is 2. The first kappa shape index (κ1) is 47.6. The fraction of sp³-hybridized carbons (Fsp3) is 0.556. The number of aromatic hydroxyl groups is 2. The van der Waals surface area contributed by atoms with E-state index in [0.717, 1.165) is 0 Å². The van der Waals surface area contributed by atoms with Crippen LogP contribution in [0, 0.1) is 30.6 Å². The molecular weight excluding hydrogens is 776 g/mol. The van der Waals surface area contributed by atoms with Gasteiger partial charge >= 0.3 is 11.8 Å². The lowest BCUT2D eigenvalue weighted by molar-refractivity contribution is -0.160. The zero-order valence-electron chi connectivity index (χ0n) is 36.9. The van der Waals surface area contributed by atoms with Crippen molar-refractivity contribution < 1.29 is 63.3 Å². The third-order valence-corrected chi connectivity index (χ3v) is 11.6. The number of nitrogens with zero attached hydrogens (tertiary/aromatic N) is 1. The van der Waals surface area contributed by atoms with Gasteiger partial charge in [-0.2, -0.15) is 0 Å². The second-order valence-corrected chi connectivity index (χ2v) is 16.7. The van der Waals surface area contributed by atoms with E-state index in [1.807, 2.05) is 27.7 Å². The molecule has 9 unspecified atom stereocenters. The number of methoxy groups -OCH3 is 1. The summed E-state index contributed by atoms with van der Waals surface area (Å²) >= 11 is 0. The molecule has 5 bridgehead atoms. The molecule has 0 aromatic heterocycles. The van der Waals surface area contributed by atoms with Crippen LogP contribution in [-0.4, -0.2) is 105 Å². The number of esters is 1. The lowest BCUT2D eigenvalue weighted by Crippen LogP contribution is -2.46. The molecule has 3 aliphatic rings. The second-order valence-electron chi connectivity index (χ2n) is 16.7. The van der Waals surface area contributed by atoms with Crippen LogP contribution in [-0.2, 0) is 28.6 Å². The normalized spacial score (nSPS) is 29.7. The van der Waals surface area contributed by atoms with Crippen LogP contribution in [0.5, 0.6) is 23.0 Å². The van der Waals surface area contributed by atoms with E-state index < -0.39 is 89.6 Å². The van der Waals surface area contributed by atoms with E-state index in [9.17, 15) is 39.6 Å². The molecule has 0 radical (unpaired) electrons. The van der Waals surface area contributed by atoms with E-state index in [2.05, 4.69) is 5.32 Å². The average Bonchev–Trinajstić information content (AvgIpc) is 3.44. The molecule has 15 nitrogen and oxygen atoms in total. The number of anilines is 1. The average molecular weight is 839 g/mol.